The Hall–Kier alpha value is -0.114. The fourth-order valence-corrected chi connectivity index (χ4v) is 2.37. The van der Waals surface area contributed by atoms with E-state index >= 15 is 0 Å². The zero-order valence-electron chi connectivity index (χ0n) is 13.6. The number of aliphatic hydroxyl groups excluding tert-OH is 4. The second-order valence-electron chi connectivity index (χ2n) is 5.51. The van der Waals surface area contributed by atoms with Gasteiger partial charge in [0.05, 0.1) is 6.61 Å². The fourth-order valence-electron chi connectivity index (χ4n) is 2.37. The number of carboxylic acid groups (broad SMARTS) is 1. The van der Waals surface area contributed by atoms with Crippen molar-refractivity contribution in [3.8, 4) is 5.75 Å². The maximum absolute atomic E-state index is 11.4. The second-order valence-corrected chi connectivity index (χ2v) is 5.51. The number of aliphatic carboxylic acids is 1. The Morgan fingerprint density at radius 2 is 1.76 bits per heavy atom. The predicted octanol–water partition coefficient (Wildman–Crippen LogP) is -5.42. The first-order chi connectivity index (χ1) is 11.3. The molecule has 0 bridgehead atoms. The van der Waals surface area contributed by atoms with Gasteiger partial charge in [-0.15, -0.1) is 5.75 Å². The van der Waals surface area contributed by atoms with Crippen molar-refractivity contribution in [2.24, 2.45) is 0 Å². The minimum atomic E-state index is -1.69. The van der Waals surface area contributed by atoms with Gasteiger partial charge in [-0.2, -0.15) is 0 Å². The van der Waals surface area contributed by atoms with Crippen LogP contribution >= 0.6 is 0 Å². The number of hydrogen-bond donors (Lipinski definition) is 5. The van der Waals surface area contributed by atoms with Crippen LogP contribution in [-0.4, -0.2) is 74.9 Å². The summed E-state index contributed by atoms with van der Waals surface area (Å²) in [4.78, 5) is 11.4. The van der Waals surface area contributed by atoms with Crippen LogP contribution in [0.3, 0.4) is 0 Å². The zero-order valence-corrected chi connectivity index (χ0v) is 16.7. The van der Waals surface area contributed by atoms with Gasteiger partial charge in [0.15, 0.2) is 12.4 Å². The van der Waals surface area contributed by atoms with Crippen molar-refractivity contribution in [3.05, 3.63) is 29.8 Å². The third-order valence-corrected chi connectivity index (χ3v) is 3.77. The minimum absolute atomic E-state index is 0. The Kier molecular flexibility index (Phi) is 9.43. The van der Waals surface area contributed by atoms with E-state index < -0.39 is 49.4 Å². The molecule has 1 fully saturated rings. The van der Waals surface area contributed by atoms with Gasteiger partial charge in [-0.1, -0.05) is 24.3 Å². The molecule has 134 valence electrons. The Balaban J connectivity index is 0.00000312. The average Bonchev–Trinajstić information content (AvgIpc) is 2.56. The van der Waals surface area contributed by atoms with Crippen molar-refractivity contribution in [3.63, 3.8) is 0 Å². The predicted molar refractivity (Wildman–Crippen MR) is 75.9 cm³/mol. The summed E-state index contributed by atoms with van der Waals surface area (Å²) in [5, 5.41) is 58.7. The molecule has 25 heavy (non-hydrogen) atoms. The Bertz CT molecular complexity index is 550. The van der Waals surface area contributed by atoms with E-state index in [9.17, 15) is 30.3 Å². The molecule has 0 aromatic heterocycles. The molecule has 1 aromatic carbocycles. The number of ether oxygens (including phenoxy) is 2. The van der Waals surface area contributed by atoms with Gasteiger partial charge < -0.3 is 40.1 Å². The van der Waals surface area contributed by atoms with E-state index in [-0.39, 0.29) is 63.6 Å². The van der Waals surface area contributed by atoms with Crippen molar-refractivity contribution in [1.29, 1.82) is 0 Å². The van der Waals surface area contributed by atoms with Crippen LogP contribution in [0.25, 0.3) is 0 Å². The maximum atomic E-state index is 11.4. The summed E-state index contributed by atoms with van der Waals surface area (Å²) in [6.07, 6.45) is -9.17. The summed E-state index contributed by atoms with van der Waals surface area (Å²) in [6.45, 7) is -0.645. The molecular formula is C15H19KO9. The van der Waals surface area contributed by atoms with Crippen molar-refractivity contribution < 1.29 is 96.3 Å². The standard InChI is InChI=1S/C15H20O9.K/c16-6-10-11(18)12(19)13(20)15(24-10)23-9(14(21)22)5-7-1-3-8(17)4-2-7;/h1-4,9-13,15-20H,5-6H2,(H,21,22);/q;+1/p-1/t9?,10-,11-,12+,13-,15+;/m0./s1. The first-order valence-corrected chi connectivity index (χ1v) is 7.28. The summed E-state index contributed by atoms with van der Waals surface area (Å²) in [5.41, 5.74) is 0.520. The molecule has 0 saturated carbocycles. The number of benzene rings is 1. The van der Waals surface area contributed by atoms with Gasteiger partial charge >= 0.3 is 57.4 Å². The quantitative estimate of drug-likeness (QED) is 0.303. The molecule has 9 nitrogen and oxygen atoms in total. The summed E-state index contributed by atoms with van der Waals surface area (Å²) in [7, 11) is 0. The molecular weight excluding hydrogens is 363 g/mol. The molecule has 6 atom stereocenters. The third kappa shape index (κ3) is 5.94. The first kappa shape index (κ1) is 22.9. The second kappa shape index (κ2) is 10.3. The summed E-state index contributed by atoms with van der Waals surface area (Å²) >= 11 is 0. The molecule has 1 heterocycles. The first-order valence-electron chi connectivity index (χ1n) is 7.28. The maximum Gasteiger partial charge on any atom is 1.00 e. The van der Waals surface area contributed by atoms with Crippen molar-refractivity contribution in [2.75, 3.05) is 6.61 Å². The van der Waals surface area contributed by atoms with Gasteiger partial charge in [-0.05, 0) is 5.56 Å². The van der Waals surface area contributed by atoms with Crippen LogP contribution in [0.1, 0.15) is 5.56 Å². The van der Waals surface area contributed by atoms with Crippen molar-refractivity contribution in [1.82, 2.24) is 0 Å². The van der Waals surface area contributed by atoms with Crippen LogP contribution in [0.15, 0.2) is 24.3 Å². The largest absolute Gasteiger partial charge is 1.00 e. The van der Waals surface area contributed by atoms with Gasteiger partial charge in [0.25, 0.3) is 0 Å². The van der Waals surface area contributed by atoms with E-state index in [1.54, 1.807) is 0 Å². The molecule has 1 saturated heterocycles. The molecule has 1 unspecified atom stereocenters. The molecule has 0 aliphatic carbocycles. The van der Waals surface area contributed by atoms with Crippen LogP contribution in [0.4, 0.5) is 0 Å². The monoisotopic (exact) mass is 382 g/mol. The third-order valence-electron chi connectivity index (χ3n) is 3.77. The molecule has 1 aromatic rings. The SMILES string of the molecule is O=C(O)C(Cc1ccc([O-])cc1)O[C@@H]1O[C@@H](CO)[C@H](O)[C@@H](O)[C@@H]1O.[K+]. The van der Waals surface area contributed by atoms with E-state index in [2.05, 4.69) is 0 Å². The number of rotatable bonds is 6. The molecule has 1 aliphatic heterocycles. The molecule has 5 N–H and O–H groups in total. The molecule has 10 heteroatoms. The zero-order chi connectivity index (χ0) is 17.9. The van der Waals surface area contributed by atoms with E-state index in [1.807, 2.05) is 0 Å². The minimum Gasteiger partial charge on any atom is -0.872 e. The molecule has 2 rings (SSSR count). The van der Waals surface area contributed by atoms with Gasteiger partial charge in [-0.25, -0.2) is 4.79 Å². The van der Waals surface area contributed by atoms with Gasteiger partial charge in [0.2, 0.25) is 0 Å². The van der Waals surface area contributed by atoms with Gasteiger partial charge in [0, 0.05) is 6.42 Å². The van der Waals surface area contributed by atoms with E-state index in [0.717, 1.165) is 0 Å². The summed E-state index contributed by atoms with van der Waals surface area (Å²) in [5.74, 6) is -1.56. The Morgan fingerprint density at radius 1 is 1.16 bits per heavy atom. The van der Waals surface area contributed by atoms with Crippen molar-refractivity contribution in [2.45, 2.75) is 43.2 Å². The van der Waals surface area contributed by atoms with E-state index in [0.29, 0.717) is 5.56 Å². The summed E-state index contributed by atoms with van der Waals surface area (Å²) < 4.78 is 10.3. The van der Waals surface area contributed by atoms with E-state index in [1.165, 1.54) is 24.3 Å². The molecule has 0 amide bonds. The van der Waals surface area contributed by atoms with Crippen LogP contribution in [-0.2, 0) is 20.7 Å². The van der Waals surface area contributed by atoms with Gasteiger partial charge in [-0.3, -0.25) is 0 Å². The van der Waals surface area contributed by atoms with Crippen LogP contribution in [0, 0.1) is 0 Å². The van der Waals surface area contributed by atoms with E-state index in [4.69, 9.17) is 14.6 Å². The fraction of sp³-hybridized carbons (Fsp3) is 0.533. The topological polar surface area (TPSA) is 160 Å². The Labute approximate surface area is 186 Å². The van der Waals surface area contributed by atoms with Crippen LogP contribution in [0.5, 0.6) is 5.75 Å². The number of carbonyl (C=O) groups is 1. The Morgan fingerprint density at radius 3 is 2.28 bits per heavy atom. The number of aliphatic hydroxyl groups is 4. The molecule has 0 radical (unpaired) electrons. The average molecular weight is 382 g/mol. The number of carboxylic acids is 1. The molecule has 0 spiro atoms. The van der Waals surface area contributed by atoms with Crippen LogP contribution in [0.2, 0.25) is 0 Å². The molecule has 1 aliphatic rings. The summed E-state index contributed by atoms with van der Waals surface area (Å²) in [6, 6.07) is 5.47. The normalized spacial score (nSPS) is 30.3. The smallest absolute Gasteiger partial charge is 0.872 e. The van der Waals surface area contributed by atoms with Crippen molar-refractivity contribution >= 4 is 5.97 Å². The number of hydrogen-bond acceptors (Lipinski definition) is 8. The van der Waals surface area contributed by atoms with Gasteiger partial charge in [0.1, 0.15) is 24.4 Å². The van der Waals surface area contributed by atoms with Crippen LogP contribution < -0.4 is 56.5 Å².